The van der Waals surface area contributed by atoms with Crippen molar-refractivity contribution in [3.8, 4) is 11.3 Å². The highest BCUT2D eigenvalue weighted by atomic mass is 35.5. The van der Waals surface area contributed by atoms with Gasteiger partial charge in [0.1, 0.15) is 17.5 Å². The van der Waals surface area contributed by atoms with Crippen LogP contribution in [0.3, 0.4) is 0 Å². The van der Waals surface area contributed by atoms with E-state index in [-0.39, 0.29) is 5.82 Å². The fourth-order valence-electron chi connectivity index (χ4n) is 4.82. The van der Waals surface area contributed by atoms with Gasteiger partial charge in [0.05, 0.1) is 10.7 Å². The van der Waals surface area contributed by atoms with Gasteiger partial charge in [0, 0.05) is 56.6 Å². The lowest BCUT2D eigenvalue weighted by Crippen LogP contribution is -2.47. The first-order chi connectivity index (χ1) is 16.5. The average molecular weight is 481 g/mol. The summed E-state index contributed by atoms with van der Waals surface area (Å²) in [6, 6.07) is 11.4. The van der Waals surface area contributed by atoms with Gasteiger partial charge in [0.2, 0.25) is 5.95 Å². The van der Waals surface area contributed by atoms with Crippen molar-refractivity contribution in [3.05, 3.63) is 59.0 Å². The molecule has 0 amide bonds. The van der Waals surface area contributed by atoms with Gasteiger partial charge >= 0.3 is 0 Å². The Bertz CT molecular complexity index is 1160. The van der Waals surface area contributed by atoms with Gasteiger partial charge in [-0.15, -0.1) is 0 Å². The highest BCUT2D eigenvalue weighted by Gasteiger charge is 2.25. The molecule has 3 aromatic rings. The molecule has 1 aromatic carbocycles. The van der Waals surface area contributed by atoms with E-state index in [9.17, 15) is 4.39 Å². The predicted molar refractivity (Wildman–Crippen MR) is 136 cm³/mol. The van der Waals surface area contributed by atoms with Crippen LogP contribution in [0.5, 0.6) is 0 Å². The summed E-state index contributed by atoms with van der Waals surface area (Å²) in [4.78, 5) is 21.3. The third-order valence-electron chi connectivity index (χ3n) is 6.86. The number of hydrogen-bond donors (Lipinski definition) is 0. The Hall–Kier alpha value is -2.93. The Morgan fingerprint density at radius 3 is 2.50 bits per heavy atom. The van der Waals surface area contributed by atoms with Crippen molar-refractivity contribution >= 4 is 29.2 Å². The van der Waals surface area contributed by atoms with E-state index in [1.807, 2.05) is 24.3 Å². The van der Waals surface area contributed by atoms with Crippen LogP contribution in [0.15, 0.2) is 42.6 Å². The normalized spacial score (nSPS) is 18.9. The second-order valence-electron chi connectivity index (χ2n) is 9.20. The first-order valence-electron chi connectivity index (χ1n) is 12.0. The fourth-order valence-corrected chi connectivity index (χ4v) is 5.06. The van der Waals surface area contributed by atoms with Crippen molar-refractivity contribution in [2.24, 2.45) is 0 Å². The van der Waals surface area contributed by atoms with Gasteiger partial charge in [-0.3, -0.25) is 0 Å². The first-order valence-corrected chi connectivity index (χ1v) is 12.4. The maximum Gasteiger partial charge on any atom is 0.228 e. The summed E-state index contributed by atoms with van der Waals surface area (Å²) in [5, 5.41) is 0.674. The Balaban J connectivity index is 1.46. The molecule has 4 heterocycles. The standard InChI is InChI=1S/C26H30ClFN6/c1-18-16-20(8-9-22(18)28)23-17-24(31-26(30-23)34-11-4-3-6-19(34)2)32-12-14-33(15-13-32)25-21(27)7-5-10-29-25/h5,7-10,16-17,19H,3-4,6,11-15H2,1-2H3. The summed E-state index contributed by atoms with van der Waals surface area (Å²) in [5.41, 5.74) is 2.36. The van der Waals surface area contributed by atoms with E-state index in [2.05, 4.69) is 26.6 Å². The molecule has 2 aliphatic heterocycles. The van der Waals surface area contributed by atoms with Crippen molar-refractivity contribution in [1.29, 1.82) is 0 Å². The molecule has 5 rings (SSSR count). The van der Waals surface area contributed by atoms with Crippen LogP contribution < -0.4 is 14.7 Å². The third kappa shape index (κ3) is 4.67. The maximum absolute atomic E-state index is 13.9. The van der Waals surface area contributed by atoms with E-state index in [1.54, 1.807) is 19.2 Å². The first kappa shape index (κ1) is 22.8. The number of benzene rings is 1. The molecule has 34 heavy (non-hydrogen) atoms. The topological polar surface area (TPSA) is 48.4 Å². The van der Waals surface area contributed by atoms with E-state index >= 15 is 0 Å². The number of aromatic nitrogens is 3. The molecule has 2 aliphatic rings. The van der Waals surface area contributed by atoms with Crippen molar-refractivity contribution in [2.45, 2.75) is 39.2 Å². The predicted octanol–water partition coefficient (Wildman–Crippen LogP) is 5.34. The molecule has 2 fully saturated rings. The molecule has 0 spiro atoms. The molecule has 1 atom stereocenters. The van der Waals surface area contributed by atoms with Gasteiger partial charge in [-0.05, 0) is 69.0 Å². The molecule has 1 unspecified atom stereocenters. The van der Waals surface area contributed by atoms with E-state index in [0.717, 1.165) is 74.4 Å². The summed E-state index contributed by atoms with van der Waals surface area (Å²) in [5.74, 6) is 2.30. The minimum absolute atomic E-state index is 0.202. The van der Waals surface area contributed by atoms with Crippen molar-refractivity contribution < 1.29 is 4.39 Å². The molecule has 0 radical (unpaired) electrons. The van der Waals surface area contributed by atoms with Crippen LogP contribution in [0.25, 0.3) is 11.3 Å². The highest BCUT2D eigenvalue weighted by Crippen LogP contribution is 2.30. The molecule has 6 nitrogen and oxygen atoms in total. The average Bonchev–Trinajstić information content (AvgIpc) is 2.86. The van der Waals surface area contributed by atoms with Crippen LogP contribution in [0, 0.1) is 12.7 Å². The minimum atomic E-state index is -0.202. The number of halogens is 2. The molecular formula is C26H30ClFN6. The molecule has 0 bridgehead atoms. The summed E-state index contributed by atoms with van der Waals surface area (Å²) >= 11 is 6.37. The zero-order chi connectivity index (χ0) is 23.7. The van der Waals surface area contributed by atoms with Gasteiger partial charge in [0.25, 0.3) is 0 Å². The summed E-state index contributed by atoms with van der Waals surface area (Å²) in [6.45, 7) is 8.21. The van der Waals surface area contributed by atoms with Gasteiger partial charge in [-0.1, -0.05) is 11.6 Å². The number of nitrogens with zero attached hydrogens (tertiary/aromatic N) is 6. The molecular weight excluding hydrogens is 451 g/mol. The number of hydrogen-bond acceptors (Lipinski definition) is 6. The molecule has 178 valence electrons. The van der Waals surface area contributed by atoms with E-state index in [1.165, 1.54) is 12.5 Å². The second-order valence-corrected chi connectivity index (χ2v) is 9.60. The monoisotopic (exact) mass is 480 g/mol. The Morgan fingerprint density at radius 1 is 0.971 bits per heavy atom. The van der Waals surface area contributed by atoms with E-state index in [0.29, 0.717) is 16.6 Å². The zero-order valence-electron chi connectivity index (χ0n) is 19.7. The van der Waals surface area contributed by atoms with Gasteiger partial charge in [-0.2, -0.15) is 4.98 Å². The lowest BCUT2D eigenvalue weighted by molar-refractivity contribution is 0.477. The van der Waals surface area contributed by atoms with Crippen LogP contribution in [0.1, 0.15) is 31.7 Å². The molecule has 0 saturated carbocycles. The number of pyridine rings is 1. The largest absolute Gasteiger partial charge is 0.353 e. The van der Waals surface area contributed by atoms with Crippen LogP contribution in [-0.4, -0.2) is 53.7 Å². The smallest absolute Gasteiger partial charge is 0.228 e. The van der Waals surface area contributed by atoms with Gasteiger partial charge < -0.3 is 14.7 Å². The van der Waals surface area contributed by atoms with Crippen molar-refractivity contribution in [3.63, 3.8) is 0 Å². The number of piperazine rings is 1. The number of aryl methyl sites for hydroxylation is 1. The quantitative estimate of drug-likeness (QED) is 0.502. The molecule has 0 N–H and O–H groups in total. The van der Waals surface area contributed by atoms with Gasteiger partial charge in [0.15, 0.2) is 0 Å². The lowest BCUT2D eigenvalue weighted by atomic mass is 10.0. The zero-order valence-corrected chi connectivity index (χ0v) is 20.5. The lowest BCUT2D eigenvalue weighted by Gasteiger charge is -2.37. The molecule has 0 aliphatic carbocycles. The number of anilines is 3. The van der Waals surface area contributed by atoms with Crippen LogP contribution in [-0.2, 0) is 0 Å². The SMILES string of the molecule is Cc1cc(-c2cc(N3CCN(c4ncccc4Cl)CC3)nc(N3CCCCC3C)n2)ccc1F. The van der Waals surface area contributed by atoms with E-state index < -0.39 is 0 Å². The molecule has 8 heteroatoms. The van der Waals surface area contributed by atoms with Crippen molar-refractivity contribution in [1.82, 2.24) is 15.0 Å². The third-order valence-corrected chi connectivity index (χ3v) is 7.15. The molecule has 2 aromatic heterocycles. The van der Waals surface area contributed by atoms with Crippen LogP contribution in [0.4, 0.5) is 22.0 Å². The van der Waals surface area contributed by atoms with Crippen molar-refractivity contribution in [2.75, 3.05) is 47.4 Å². The second kappa shape index (κ2) is 9.74. The van der Waals surface area contributed by atoms with Crippen LogP contribution >= 0.6 is 11.6 Å². The van der Waals surface area contributed by atoms with Gasteiger partial charge in [-0.25, -0.2) is 14.4 Å². The molecule has 2 saturated heterocycles. The minimum Gasteiger partial charge on any atom is -0.353 e. The highest BCUT2D eigenvalue weighted by molar-refractivity contribution is 6.32. The Morgan fingerprint density at radius 2 is 1.76 bits per heavy atom. The van der Waals surface area contributed by atoms with E-state index in [4.69, 9.17) is 21.6 Å². The summed E-state index contributed by atoms with van der Waals surface area (Å²) in [7, 11) is 0. The summed E-state index contributed by atoms with van der Waals surface area (Å²) in [6.07, 6.45) is 5.30. The Kier molecular flexibility index (Phi) is 6.55. The number of rotatable bonds is 4. The number of piperidine rings is 1. The maximum atomic E-state index is 13.9. The fraction of sp³-hybridized carbons (Fsp3) is 0.423. The van der Waals surface area contributed by atoms with Crippen LogP contribution in [0.2, 0.25) is 5.02 Å². The Labute approximate surface area is 205 Å². The summed E-state index contributed by atoms with van der Waals surface area (Å²) < 4.78 is 13.9.